The van der Waals surface area contributed by atoms with Crippen LogP contribution in [0.1, 0.15) is 41.6 Å². The van der Waals surface area contributed by atoms with Crippen LogP contribution >= 0.6 is 23.4 Å². The summed E-state index contributed by atoms with van der Waals surface area (Å²) in [6.07, 6.45) is 5.05. The lowest BCUT2D eigenvalue weighted by atomic mass is 9.96. The second kappa shape index (κ2) is 18.9. The average molecular weight is 822 g/mol. The van der Waals surface area contributed by atoms with Gasteiger partial charge in [0.05, 0.1) is 21.8 Å². The van der Waals surface area contributed by atoms with Gasteiger partial charge in [-0.1, -0.05) is 66.2 Å². The van der Waals surface area contributed by atoms with Crippen molar-refractivity contribution in [2.75, 3.05) is 56.1 Å². The van der Waals surface area contributed by atoms with Crippen LogP contribution in [-0.2, 0) is 29.5 Å². The van der Waals surface area contributed by atoms with Gasteiger partial charge in [-0.3, -0.25) is 14.5 Å². The van der Waals surface area contributed by atoms with E-state index in [0.717, 1.165) is 74.0 Å². The molecule has 296 valence electrons. The Balaban J connectivity index is 0.970. The highest BCUT2D eigenvalue weighted by atomic mass is 35.5. The summed E-state index contributed by atoms with van der Waals surface area (Å²) in [6, 6.07) is 34.3. The maximum atomic E-state index is 13.8. The van der Waals surface area contributed by atoms with Crippen LogP contribution in [0, 0.1) is 11.3 Å². The fraction of sp³-hybridized carbons (Fsp3) is 0.341. The summed E-state index contributed by atoms with van der Waals surface area (Å²) in [4.78, 5) is 17.3. The topological polar surface area (TPSA) is 117 Å². The number of hydrogen-bond acceptors (Lipinski definition) is 10. The third-order valence-electron chi connectivity index (χ3n) is 10.8. The van der Waals surface area contributed by atoms with Crippen LogP contribution in [0.15, 0.2) is 113 Å². The molecule has 13 heteroatoms. The van der Waals surface area contributed by atoms with Crippen molar-refractivity contribution < 1.29 is 8.42 Å². The predicted molar refractivity (Wildman–Crippen MR) is 231 cm³/mol. The largest absolute Gasteiger partial charge is 0.380 e. The number of aromatic nitrogens is 2. The second-order valence-corrected chi connectivity index (χ2v) is 18.2. The molecule has 1 atom stereocenters. The van der Waals surface area contributed by atoms with Crippen molar-refractivity contribution in [3.05, 3.63) is 131 Å². The van der Waals surface area contributed by atoms with E-state index in [4.69, 9.17) is 11.6 Å². The van der Waals surface area contributed by atoms with Gasteiger partial charge in [0.15, 0.2) is 0 Å². The molecule has 0 spiro atoms. The summed E-state index contributed by atoms with van der Waals surface area (Å²) in [7, 11) is 0.0390. The lowest BCUT2D eigenvalue weighted by Crippen LogP contribution is -2.46. The Labute approximate surface area is 346 Å². The molecular weight excluding hydrogens is 772 g/mol. The molecule has 3 heterocycles. The van der Waals surface area contributed by atoms with Crippen molar-refractivity contribution in [2.45, 2.75) is 60.6 Å². The number of thioether (sulfide) groups is 1. The van der Waals surface area contributed by atoms with E-state index in [0.29, 0.717) is 30.5 Å². The van der Waals surface area contributed by atoms with Crippen LogP contribution in [0.4, 0.5) is 11.5 Å². The molecule has 2 aliphatic heterocycles. The Morgan fingerprint density at radius 3 is 2.47 bits per heavy atom. The SMILES string of the molecule is CN(C)CCC(CSc1ccccc1)Nc1ccc(S(=O)(=O)Nc2ncnc3c2CCN(C2CCN(Cc4ccccc4-c4ccc(Cl)cc4)CC2)C3)cc1C#N. The zero-order chi connectivity index (χ0) is 39.8. The minimum atomic E-state index is -4.04. The van der Waals surface area contributed by atoms with Gasteiger partial charge in [-0.25, -0.2) is 18.4 Å². The van der Waals surface area contributed by atoms with Crippen molar-refractivity contribution in [3.63, 3.8) is 0 Å². The second-order valence-electron chi connectivity index (χ2n) is 15.0. The van der Waals surface area contributed by atoms with Crippen LogP contribution in [0.5, 0.6) is 0 Å². The number of nitrogens with one attached hydrogen (secondary N) is 2. The van der Waals surface area contributed by atoms with Crippen molar-refractivity contribution in [2.24, 2.45) is 0 Å². The lowest BCUT2D eigenvalue weighted by Gasteiger charge is -2.40. The number of nitrogens with zero attached hydrogens (tertiary/aromatic N) is 6. The van der Waals surface area contributed by atoms with Gasteiger partial charge in [-0.2, -0.15) is 5.26 Å². The molecule has 10 nitrogen and oxygen atoms in total. The number of rotatable bonds is 15. The molecule has 2 aliphatic rings. The Morgan fingerprint density at radius 1 is 0.965 bits per heavy atom. The zero-order valence-electron chi connectivity index (χ0n) is 32.4. The average Bonchev–Trinajstić information content (AvgIpc) is 3.23. The normalized spacial score (nSPS) is 15.8. The Kier molecular flexibility index (Phi) is 13.5. The first-order valence-corrected chi connectivity index (χ1v) is 22.3. The van der Waals surface area contributed by atoms with E-state index in [1.54, 1.807) is 23.9 Å². The number of hydrogen-bond donors (Lipinski definition) is 2. The molecule has 1 saturated heterocycles. The van der Waals surface area contributed by atoms with E-state index in [-0.39, 0.29) is 16.5 Å². The van der Waals surface area contributed by atoms with E-state index >= 15 is 0 Å². The molecule has 0 saturated carbocycles. The lowest BCUT2D eigenvalue weighted by molar-refractivity contribution is 0.0937. The highest BCUT2D eigenvalue weighted by molar-refractivity contribution is 7.99. The minimum Gasteiger partial charge on any atom is -0.380 e. The van der Waals surface area contributed by atoms with Crippen molar-refractivity contribution >= 4 is 44.9 Å². The van der Waals surface area contributed by atoms with Crippen molar-refractivity contribution in [1.29, 1.82) is 5.26 Å². The van der Waals surface area contributed by atoms with Gasteiger partial charge in [0.25, 0.3) is 10.0 Å². The fourth-order valence-corrected chi connectivity index (χ4v) is 9.85. The van der Waals surface area contributed by atoms with Gasteiger partial charge in [0.1, 0.15) is 18.2 Å². The highest BCUT2D eigenvalue weighted by Crippen LogP contribution is 2.31. The number of piperidine rings is 1. The summed E-state index contributed by atoms with van der Waals surface area (Å²) in [5.74, 6) is 1.09. The van der Waals surface area contributed by atoms with E-state index in [2.05, 4.69) is 89.3 Å². The molecule has 1 fully saturated rings. The summed E-state index contributed by atoms with van der Waals surface area (Å²) in [6.45, 7) is 5.21. The molecule has 0 amide bonds. The van der Waals surface area contributed by atoms with E-state index in [9.17, 15) is 13.7 Å². The molecule has 57 heavy (non-hydrogen) atoms. The first-order valence-electron chi connectivity index (χ1n) is 19.4. The van der Waals surface area contributed by atoms with Gasteiger partial charge in [0.2, 0.25) is 0 Å². The first-order chi connectivity index (χ1) is 27.6. The number of anilines is 2. The number of nitriles is 1. The highest BCUT2D eigenvalue weighted by Gasteiger charge is 2.30. The molecule has 0 bridgehead atoms. The van der Waals surface area contributed by atoms with Gasteiger partial charge >= 0.3 is 0 Å². The zero-order valence-corrected chi connectivity index (χ0v) is 34.8. The predicted octanol–water partition coefficient (Wildman–Crippen LogP) is 8.02. The van der Waals surface area contributed by atoms with Gasteiger partial charge in [-0.15, -0.1) is 11.8 Å². The number of likely N-dealkylation sites (tertiary alicyclic amines) is 1. The Morgan fingerprint density at radius 2 is 1.72 bits per heavy atom. The maximum absolute atomic E-state index is 13.8. The van der Waals surface area contributed by atoms with Crippen LogP contribution in [0.3, 0.4) is 0 Å². The van der Waals surface area contributed by atoms with Crippen LogP contribution in [0.25, 0.3) is 11.1 Å². The monoisotopic (exact) mass is 820 g/mol. The molecule has 2 N–H and O–H groups in total. The van der Waals surface area contributed by atoms with Gasteiger partial charge in [-0.05, 0) is 119 Å². The molecule has 1 unspecified atom stereocenters. The molecule has 7 rings (SSSR count). The Bertz CT molecular complexity index is 2280. The molecular formula is C44H49ClN8O2S2. The minimum absolute atomic E-state index is 0.0143. The third kappa shape index (κ3) is 10.5. The van der Waals surface area contributed by atoms with Crippen molar-refractivity contribution in [3.8, 4) is 17.2 Å². The fourth-order valence-electron chi connectivity index (χ4n) is 7.67. The van der Waals surface area contributed by atoms with Gasteiger partial charge in [0, 0.05) is 53.0 Å². The standard InChI is InChI=1S/C44H49ClN8O2S2/c1-51(2)22-18-36(30-56-38-9-4-3-5-10-38)49-42-17-16-39(26-34(42)27-46)57(54,55)50-44-41-21-25-53(29-43(41)47-31-48-44)37-19-23-52(24-20-37)28-33-8-6-7-11-40(33)32-12-14-35(45)15-13-32/h3-17,26,31,36-37,49H,18-25,28-30H2,1-2H3,(H,47,48,50). The third-order valence-corrected chi connectivity index (χ3v) is 13.6. The molecule has 0 radical (unpaired) electrons. The van der Waals surface area contributed by atoms with E-state index in [1.807, 2.05) is 44.4 Å². The number of sulfonamides is 1. The van der Waals surface area contributed by atoms with Gasteiger partial charge < -0.3 is 10.2 Å². The molecule has 1 aromatic heterocycles. The Hall–Kier alpha value is -4.48. The van der Waals surface area contributed by atoms with E-state index in [1.165, 1.54) is 34.0 Å². The smallest absolute Gasteiger partial charge is 0.263 e. The summed E-state index contributed by atoms with van der Waals surface area (Å²) in [5, 5.41) is 14.4. The van der Waals surface area contributed by atoms with Crippen molar-refractivity contribution in [1.82, 2.24) is 24.7 Å². The summed E-state index contributed by atoms with van der Waals surface area (Å²) in [5.41, 5.74) is 6.29. The van der Waals surface area contributed by atoms with Crippen LogP contribution in [0.2, 0.25) is 5.02 Å². The van der Waals surface area contributed by atoms with Crippen LogP contribution < -0.4 is 10.0 Å². The van der Waals surface area contributed by atoms with E-state index < -0.39 is 10.0 Å². The molecule has 4 aromatic carbocycles. The maximum Gasteiger partial charge on any atom is 0.263 e. The number of benzene rings is 4. The van der Waals surface area contributed by atoms with Crippen LogP contribution in [-0.4, -0.2) is 91.2 Å². The quantitative estimate of drug-likeness (QED) is 0.101. The summed E-state index contributed by atoms with van der Waals surface area (Å²) >= 11 is 7.91. The number of halogens is 1. The molecule has 5 aromatic rings. The first kappa shape index (κ1) is 40.7. The summed E-state index contributed by atoms with van der Waals surface area (Å²) < 4.78 is 30.3. The molecule has 0 aliphatic carbocycles. The number of fused-ring (bicyclic) bond motifs is 1.